The highest BCUT2D eigenvalue weighted by Gasteiger charge is 2.21. The Morgan fingerprint density at radius 2 is 2.39 bits per heavy atom. The first kappa shape index (κ1) is 11.9. The molecule has 1 aliphatic rings. The first-order valence-corrected chi connectivity index (χ1v) is 7.44. The maximum Gasteiger partial charge on any atom is 0.137 e. The van der Waals surface area contributed by atoms with E-state index in [1.165, 1.54) is 22.9 Å². The third kappa shape index (κ3) is 2.22. The SMILES string of the molecule is OCCC1CCCN(c2nccc3sccc23)C1. The van der Waals surface area contributed by atoms with Crippen LogP contribution < -0.4 is 4.90 Å². The molecule has 1 aliphatic heterocycles. The van der Waals surface area contributed by atoms with Gasteiger partial charge in [0, 0.05) is 36.0 Å². The van der Waals surface area contributed by atoms with Gasteiger partial charge in [0.25, 0.3) is 0 Å². The summed E-state index contributed by atoms with van der Waals surface area (Å²) in [4.78, 5) is 6.96. The average molecular weight is 262 g/mol. The van der Waals surface area contributed by atoms with Crippen molar-refractivity contribution in [1.29, 1.82) is 0 Å². The molecule has 0 amide bonds. The Morgan fingerprint density at radius 3 is 3.28 bits per heavy atom. The Balaban J connectivity index is 1.87. The van der Waals surface area contributed by atoms with Crippen molar-refractivity contribution in [3.05, 3.63) is 23.7 Å². The number of aliphatic hydroxyl groups is 1. The van der Waals surface area contributed by atoms with E-state index in [9.17, 15) is 0 Å². The third-order valence-electron chi connectivity index (χ3n) is 3.71. The first-order valence-electron chi connectivity index (χ1n) is 6.56. The van der Waals surface area contributed by atoms with Crippen molar-refractivity contribution in [3.63, 3.8) is 0 Å². The molecule has 0 bridgehead atoms. The van der Waals surface area contributed by atoms with Crippen molar-refractivity contribution in [2.24, 2.45) is 5.92 Å². The number of anilines is 1. The minimum Gasteiger partial charge on any atom is -0.396 e. The largest absolute Gasteiger partial charge is 0.396 e. The van der Waals surface area contributed by atoms with Gasteiger partial charge < -0.3 is 10.0 Å². The number of aromatic nitrogens is 1. The second-order valence-electron chi connectivity index (χ2n) is 4.93. The van der Waals surface area contributed by atoms with Crippen LogP contribution in [0, 0.1) is 5.92 Å². The van der Waals surface area contributed by atoms with E-state index in [1.54, 1.807) is 11.3 Å². The Hall–Kier alpha value is -1.13. The molecule has 96 valence electrons. The molecule has 0 saturated carbocycles. The fraction of sp³-hybridized carbons (Fsp3) is 0.500. The summed E-state index contributed by atoms with van der Waals surface area (Å²) < 4.78 is 1.31. The summed E-state index contributed by atoms with van der Waals surface area (Å²) in [5.74, 6) is 1.73. The monoisotopic (exact) mass is 262 g/mol. The highest BCUT2D eigenvalue weighted by atomic mass is 32.1. The van der Waals surface area contributed by atoms with E-state index < -0.39 is 0 Å². The predicted octanol–water partition coefficient (Wildman–Crippen LogP) is 2.90. The second-order valence-corrected chi connectivity index (χ2v) is 5.88. The van der Waals surface area contributed by atoms with E-state index in [2.05, 4.69) is 27.4 Å². The lowest BCUT2D eigenvalue weighted by molar-refractivity contribution is 0.244. The molecule has 1 fully saturated rings. The molecule has 1 saturated heterocycles. The molecule has 3 nitrogen and oxygen atoms in total. The Morgan fingerprint density at radius 1 is 1.44 bits per heavy atom. The Kier molecular flexibility index (Phi) is 3.48. The van der Waals surface area contributed by atoms with Crippen LogP contribution in [0.15, 0.2) is 23.7 Å². The first-order chi connectivity index (χ1) is 8.88. The summed E-state index contributed by atoms with van der Waals surface area (Å²) in [7, 11) is 0. The molecule has 4 heteroatoms. The van der Waals surface area contributed by atoms with Gasteiger partial charge in [-0.15, -0.1) is 11.3 Å². The highest BCUT2D eigenvalue weighted by molar-refractivity contribution is 7.17. The number of thiophene rings is 1. The summed E-state index contributed by atoms with van der Waals surface area (Å²) in [6.45, 7) is 2.42. The average Bonchev–Trinajstić information content (AvgIpc) is 2.87. The quantitative estimate of drug-likeness (QED) is 0.924. The van der Waals surface area contributed by atoms with Gasteiger partial charge in [0.1, 0.15) is 5.82 Å². The fourth-order valence-electron chi connectivity index (χ4n) is 2.81. The van der Waals surface area contributed by atoms with Gasteiger partial charge in [-0.05, 0) is 42.7 Å². The van der Waals surface area contributed by atoms with E-state index in [0.717, 1.165) is 25.3 Å². The maximum absolute atomic E-state index is 9.08. The summed E-state index contributed by atoms with van der Waals surface area (Å²) in [5, 5.41) is 12.5. The normalized spacial score (nSPS) is 20.5. The molecule has 1 unspecified atom stereocenters. The second kappa shape index (κ2) is 5.24. The van der Waals surface area contributed by atoms with Gasteiger partial charge in [0.05, 0.1) is 0 Å². The van der Waals surface area contributed by atoms with Gasteiger partial charge in [-0.1, -0.05) is 0 Å². The van der Waals surface area contributed by atoms with Crippen LogP contribution in [0.2, 0.25) is 0 Å². The molecule has 1 atom stereocenters. The lowest BCUT2D eigenvalue weighted by Crippen LogP contribution is -2.36. The number of rotatable bonds is 3. The number of piperidine rings is 1. The number of hydrogen-bond acceptors (Lipinski definition) is 4. The Labute approximate surface area is 111 Å². The van der Waals surface area contributed by atoms with Crippen LogP contribution in [0.5, 0.6) is 0 Å². The van der Waals surface area contributed by atoms with Crippen LogP contribution in [-0.4, -0.2) is 29.8 Å². The van der Waals surface area contributed by atoms with Crippen LogP contribution in [0.25, 0.3) is 10.1 Å². The van der Waals surface area contributed by atoms with Gasteiger partial charge in [-0.3, -0.25) is 0 Å². The molecule has 0 aliphatic carbocycles. The van der Waals surface area contributed by atoms with Crippen molar-refractivity contribution in [2.75, 3.05) is 24.6 Å². The molecule has 3 rings (SSSR count). The van der Waals surface area contributed by atoms with Gasteiger partial charge >= 0.3 is 0 Å². The van der Waals surface area contributed by atoms with Crippen molar-refractivity contribution < 1.29 is 5.11 Å². The van der Waals surface area contributed by atoms with Crippen LogP contribution in [0.3, 0.4) is 0 Å². The number of pyridine rings is 1. The minimum atomic E-state index is 0.300. The van der Waals surface area contributed by atoms with E-state index in [0.29, 0.717) is 12.5 Å². The van der Waals surface area contributed by atoms with Crippen molar-refractivity contribution >= 4 is 27.2 Å². The maximum atomic E-state index is 9.08. The van der Waals surface area contributed by atoms with E-state index >= 15 is 0 Å². The van der Waals surface area contributed by atoms with Gasteiger partial charge in [0.2, 0.25) is 0 Å². The summed E-state index contributed by atoms with van der Waals surface area (Å²) in [6, 6.07) is 4.25. The van der Waals surface area contributed by atoms with Crippen molar-refractivity contribution in [3.8, 4) is 0 Å². The van der Waals surface area contributed by atoms with Gasteiger partial charge in [-0.25, -0.2) is 4.98 Å². The summed E-state index contributed by atoms with van der Waals surface area (Å²) in [6.07, 6.45) is 5.25. The zero-order chi connectivity index (χ0) is 12.4. The number of hydrogen-bond donors (Lipinski definition) is 1. The molecule has 0 aromatic carbocycles. The van der Waals surface area contributed by atoms with Crippen LogP contribution in [0.1, 0.15) is 19.3 Å². The predicted molar refractivity (Wildman–Crippen MR) is 76.3 cm³/mol. The molecular weight excluding hydrogens is 244 g/mol. The van der Waals surface area contributed by atoms with E-state index in [1.807, 2.05) is 6.20 Å². The standard InChI is InChI=1S/C14H18N2OS/c17-8-4-11-2-1-7-16(10-11)14-12-5-9-18-13(12)3-6-15-14/h3,5-6,9,11,17H,1-2,4,7-8,10H2. The number of aliphatic hydroxyl groups excluding tert-OH is 1. The smallest absolute Gasteiger partial charge is 0.137 e. The topological polar surface area (TPSA) is 36.4 Å². The van der Waals surface area contributed by atoms with Gasteiger partial charge in [-0.2, -0.15) is 0 Å². The lowest BCUT2D eigenvalue weighted by atomic mass is 9.95. The molecule has 0 radical (unpaired) electrons. The zero-order valence-electron chi connectivity index (χ0n) is 10.4. The molecule has 3 heterocycles. The summed E-state index contributed by atoms with van der Waals surface area (Å²) >= 11 is 1.77. The van der Waals surface area contributed by atoms with E-state index in [4.69, 9.17) is 5.11 Å². The van der Waals surface area contributed by atoms with E-state index in [-0.39, 0.29) is 0 Å². The molecule has 2 aromatic heterocycles. The molecule has 1 N–H and O–H groups in total. The lowest BCUT2D eigenvalue weighted by Gasteiger charge is -2.33. The van der Waals surface area contributed by atoms with Crippen LogP contribution in [0.4, 0.5) is 5.82 Å². The Bertz CT molecular complexity index is 523. The van der Waals surface area contributed by atoms with Crippen LogP contribution in [-0.2, 0) is 0 Å². The fourth-order valence-corrected chi connectivity index (χ4v) is 3.58. The molecule has 2 aromatic rings. The third-order valence-corrected chi connectivity index (χ3v) is 4.60. The molecular formula is C14H18N2OS. The zero-order valence-corrected chi connectivity index (χ0v) is 11.2. The van der Waals surface area contributed by atoms with Gasteiger partial charge in [0.15, 0.2) is 0 Å². The summed E-state index contributed by atoms with van der Waals surface area (Å²) in [5.41, 5.74) is 0. The highest BCUT2D eigenvalue weighted by Crippen LogP contribution is 2.31. The molecule has 18 heavy (non-hydrogen) atoms. The molecule has 0 spiro atoms. The minimum absolute atomic E-state index is 0.300. The van der Waals surface area contributed by atoms with Crippen LogP contribution >= 0.6 is 11.3 Å². The number of fused-ring (bicyclic) bond motifs is 1. The number of nitrogens with zero attached hydrogens (tertiary/aromatic N) is 2. The van der Waals surface area contributed by atoms with Crippen molar-refractivity contribution in [2.45, 2.75) is 19.3 Å². The van der Waals surface area contributed by atoms with Crippen molar-refractivity contribution in [1.82, 2.24) is 4.98 Å².